The molecule has 0 aliphatic rings. The SMILES string of the molecule is C=CCNc1ccc(C(=O)Nc2ccc(C)cc2Br)nn1. The van der Waals surface area contributed by atoms with Crippen LogP contribution in [0, 0.1) is 6.92 Å². The highest BCUT2D eigenvalue weighted by molar-refractivity contribution is 9.10. The van der Waals surface area contributed by atoms with Gasteiger partial charge in [-0.25, -0.2) is 0 Å². The van der Waals surface area contributed by atoms with Crippen LogP contribution in [0.4, 0.5) is 11.5 Å². The van der Waals surface area contributed by atoms with E-state index in [0.29, 0.717) is 18.1 Å². The molecule has 5 nitrogen and oxygen atoms in total. The summed E-state index contributed by atoms with van der Waals surface area (Å²) in [5.74, 6) is 0.297. The second-order valence-electron chi connectivity index (χ2n) is 4.41. The molecule has 2 rings (SSSR count). The number of hydrogen-bond donors (Lipinski definition) is 2. The van der Waals surface area contributed by atoms with Gasteiger partial charge < -0.3 is 10.6 Å². The number of nitrogens with one attached hydrogen (secondary N) is 2. The van der Waals surface area contributed by atoms with Crippen LogP contribution in [0.15, 0.2) is 47.5 Å². The Balaban J connectivity index is 2.07. The summed E-state index contributed by atoms with van der Waals surface area (Å²) in [7, 11) is 0. The molecule has 0 fully saturated rings. The molecule has 108 valence electrons. The Morgan fingerprint density at radius 1 is 1.33 bits per heavy atom. The number of aryl methyl sites for hydroxylation is 1. The molecule has 0 spiro atoms. The van der Waals surface area contributed by atoms with Gasteiger partial charge in [-0.05, 0) is 52.7 Å². The van der Waals surface area contributed by atoms with Gasteiger partial charge >= 0.3 is 0 Å². The van der Waals surface area contributed by atoms with Crippen LogP contribution in [0.2, 0.25) is 0 Å². The van der Waals surface area contributed by atoms with E-state index in [0.717, 1.165) is 10.0 Å². The number of carbonyl (C=O) groups is 1. The summed E-state index contributed by atoms with van der Waals surface area (Å²) >= 11 is 3.42. The summed E-state index contributed by atoms with van der Waals surface area (Å²) in [4.78, 5) is 12.1. The van der Waals surface area contributed by atoms with Crippen molar-refractivity contribution in [2.24, 2.45) is 0 Å². The number of benzene rings is 1. The second kappa shape index (κ2) is 6.99. The van der Waals surface area contributed by atoms with Gasteiger partial charge in [0.15, 0.2) is 5.69 Å². The van der Waals surface area contributed by atoms with Crippen LogP contribution < -0.4 is 10.6 Å². The van der Waals surface area contributed by atoms with Gasteiger partial charge in [0.25, 0.3) is 5.91 Å². The zero-order valence-corrected chi connectivity index (χ0v) is 13.1. The van der Waals surface area contributed by atoms with E-state index in [1.54, 1.807) is 18.2 Å². The maximum Gasteiger partial charge on any atom is 0.276 e. The molecule has 0 saturated carbocycles. The van der Waals surface area contributed by atoms with Crippen LogP contribution in [0.3, 0.4) is 0 Å². The normalized spacial score (nSPS) is 10.0. The van der Waals surface area contributed by atoms with Crippen molar-refractivity contribution in [3.63, 3.8) is 0 Å². The first kappa shape index (κ1) is 15.2. The highest BCUT2D eigenvalue weighted by Gasteiger charge is 2.10. The highest BCUT2D eigenvalue weighted by atomic mass is 79.9. The van der Waals surface area contributed by atoms with Gasteiger partial charge in [0.1, 0.15) is 5.82 Å². The smallest absolute Gasteiger partial charge is 0.276 e. The van der Waals surface area contributed by atoms with E-state index in [2.05, 4.69) is 43.3 Å². The molecule has 2 aromatic rings. The number of nitrogens with zero attached hydrogens (tertiary/aromatic N) is 2. The minimum atomic E-state index is -0.303. The topological polar surface area (TPSA) is 66.9 Å². The lowest BCUT2D eigenvalue weighted by Gasteiger charge is -2.08. The first-order valence-corrected chi connectivity index (χ1v) is 7.15. The number of carbonyl (C=O) groups excluding carboxylic acids is 1. The van der Waals surface area contributed by atoms with E-state index in [-0.39, 0.29) is 11.6 Å². The molecule has 0 aliphatic heterocycles. The molecule has 1 heterocycles. The van der Waals surface area contributed by atoms with Gasteiger partial charge in [0, 0.05) is 11.0 Å². The molecule has 0 unspecified atom stereocenters. The zero-order chi connectivity index (χ0) is 15.2. The zero-order valence-electron chi connectivity index (χ0n) is 11.6. The number of halogens is 1. The Morgan fingerprint density at radius 2 is 2.14 bits per heavy atom. The lowest BCUT2D eigenvalue weighted by Crippen LogP contribution is -2.15. The maximum absolute atomic E-state index is 12.1. The van der Waals surface area contributed by atoms with Crippen molar-refractivity contribution in [2.75, 3.05) is 17.2 Å². The summed E-state index contributed by atoms with van der Waals surface area (Å²) in [5.41, 5.74) is 2.06. The molecule has 1 aromatic carbocycles. The molecule has 21 heavy (non-hydrogen) atoms. The van der Waals surface area contributed by atoms with Gasteiger partial charge in [-0.3, -0.25) is 4.79 Å². The molecule has 0 saturated heterocycles. The Bertz CT molecular complexity index is 655. The Labute approximate surface area is 131 Å². The lowest BCUT2D eigenvalue weighted by molar-refractivity contribution is 0.102. The van der Waals surface area contributed by atoms with E-state index in [1.807, 2.05) is 25.1 Å². The summed E-state index contributed by atoms with van der Waals surface area (Å²) in [6, 6.07) is 9.02. The first-order chi connectivity index (χ1) is 10.1. The van der Waals surface area contributed by atoms with E-state index in [4.69, 9.17) is 0 Å². The number of aromatic nitrogens is 2. The molecule has 2 N–H and O–H groups in total. The van der Waals surface area contributed by atoms with E-state index in [9.17, 15) is 4.79 Å². The van der Waals surface area contributed by atoms with Gasteiger partial charge in [-0.2, -0.15) is 0 Å². The van der Waals surface area contributed by atoms with Crippen LogP contribution in [-0.2, 0) is 0 Å². The van der Waals surface area contributed by atoms with E-state index in [1.165, 1.54) is 0 Å². The third-order valence-corrected chi connectivity index (χ3v) is 3.35. The van der Waals surface area contributed by atoms with Crippen molar-refractivity contribution < 1.29 is 4.79 Å². The van der Waals surface area contributed by atoms with Crippen LogP contribution in [-0.4, -0.2) is 22.6 Å². The fourth-order valence-corrected chi connectivity index (χ4v) is 2.22. The predicted molar refractivity (Wildman–Crippen MR) is 87.6 cm³/mol. The summed E-state index contributed by atoms with van der Waals surface area (Å²) in [5, 5.41) is 13.6. The number of hydrogen-bond acceptors (Lipinski definition) is 4. The van der Waals surface area contributed by atoms with Crippen molar-refractivity contribution in [2.45, 2.75) is 6.92 Å². The monoisotopic (exact) mass is 346 g/mol. The molecule has 1 aromatic heterocycles. The van der Waals surface area contributed by atoms with Gasteiger partial charge in [0.2, 0.25) is 0 Å². The largest absolute Gasteiger partial charge is 0.365 e. The molecule has 6 heteroatoms. The third kappa shape index (κ3) is 4.13. The predicted octanol–water partition coefficient (Wildman–Crippen LogP) is 3.40. The van der Waals surface area contributed by atoms with E-state index < -0.39 is 0 Å². The van der Waals surface area contributed by atoms with Crippen LogP contribution >= 0.6 is 15.9 Å². The van der Waals surface area contributed by atoms with Crippen molar-refractivity contribution in [1.29, 1.82) is 0 Å². The quantitative estimate of drug-likeness (QED) is 0.814. The first-order valence-electron chi connectivity index (χ1n) is 6.36. The molecule has 1 amide bonds. The minimum Gasteiger partial charge on any atom is -0.365 e. The number of anilines is 2. The fraction of sp³-hybridized carbons (Fsp3) is 0.133. The highest BCUT2D eigenvalue weighted by Crippen LogP contribution is 2.23. The third-order valence-electron chi connectivity index (χ3n) is 2.70. The summed E-state index contributed by atoms with van der Waals surface area (Å²) in [6.45, 7) is 6.18. The van der Waals surface area contributed by atoms with Gasteiger partial charge in [-0.15, -0.1) is 16.8 Å². The average molecular weight is 347 g/mol. The van der Waals surface area contributed by atoms with Gasteiger partial charge in [0.05, 0.1) is 5.69 Å². The standard InChI is InChI=1S/C15H15BrN4O/c1-3-8-17-14-7-6-13(19-20-14)15(21)18-12-5-4-10(2)9-11(12)16/h3-7,9H,1,8H2,2H3,(H,17,20)(H,18,21). The van der Waals surface area contributed by atoms with Crippen molar-refractivity contribution >= 4 is 33.3 Å². The Morgan fingerprint density at radius 3 is 2.76 bits per heavy atom. The average Bonchev–Trinajstić information content (AvgIpc) is 2.48. The van der Waals surface area contributed by atoms with E-state index >= 15 is 0 Å². The Kier molecular flexibility index (Phi) is 5.05. The maximum atomic E-state index is 12.1. The molecule has 0 aliphatic carbocycles. The number of amides is 1. The summed E-state index contributed by atoms with van der Waals surface area (Å²) in [6.07, 6.45) is 1.72. The molecule has 0 radical (unpaired) electrons. The van der Waals surface area contributed by atoms with Crippen molar-refractivity contribution in [3.8, 4) is 0 Å². The van der Waals surface area contributed by atoms with Crippen LogP contribution in [0.1, 0.15) is 16.1 Å². The molecule has 0 atom stereocenters. The number of rotatable bonds is 5. The van der Waals surface area contributed by atoms with Crippen LogP contribution in [0.5, 0.6) is 0 Å². The molecular weight excluding hydrogens is 332 g/mol. The lowest BCUT2D eigenvalue weighted by atomic mass is 10.2. The second-order valence-corrected chi connectivity index (χ2v) is 5.27. The molecular formula is C15H15BrN4O. The fourth-order valence-electron chi connectivity index (χ4n) is 1.63. The van der Waals surface area contributed by atoms with Crippen LogP contribution in [0.25, 0.3) is 0 Å². The van der Waals surface area contributed by atoms with Crippen molar-refractivity contribution in [3.05, 3.63) is 58.7 Å². The summed E-state index contributed by atoms with van der Waals surface area (Å²) < 4.78 is 0.827. The van der Waals surface area contributed by atoms with Gasteiger partial charge in [-0.1, -0.05) is 12.1 Å². The van der Waals surface area contributed by atoms with Crippen molar-refractivity contribution in [1.82, 2.24) is 10.2 Å². The minimum absolute atomic E-state index is 0.256. The molecule has 0 bridgehead atoms. The Hall–Kier alpha value is -2.21.